The second-order valence-electron chi connectivity index (χ2n) is 6.88. The highest BCUT2D eigenvalue weighted by atomic mass is 127. The fraction of sp³-hybridized carbons (Fsp3) is 0.400. The van der Waals surface area contributed by atoms with Crippen molar-refractivity contribution in [1.82, 2.24) is 15.1 Å². The van der Waals surface area contributed by atoms with E-state index in [0.717, 1.165) is 11.8 Å². The average molecular weight is 518 g/mol. The molecule has 0 aliphatic carbocycles. The summed E-state index contributed by atoms with van der Waals surface area (Å²) >= 11 is 0. The van der Waals surface area contributed by atoms with Gasteiger partial charge in [-0.2, -0.15) is 0 Å². The number of nitrogens with zero attached hydrogens (tertiary/aromatic N) is 3. The molecule has 1 aliphatic heterocycles. The van der Waals surface area contributed by atoms with Crippen LogP contribution in [0.3, 0.4) is 0 Å². The summed E-state index contributed by atoms with van der Waals surface area (Å²) in [4.78, 5) is 19.7. The number of likely N-dealkylation sites (N-methyl/N-ethyl adjacent to an activating group) is 1. The number of benzene rings is 1. The molecule has 1 amide bonds. The second-order valence-corrected chi connectivity index (χ2v) is 6.88. The monoisotopic (exact) mass is 518 g/mol. The molecule has 0 unspecified atom stereocenters. The number of halogens is 3. The maximum Gasteiger partial charge on any atom is 0.243 e. The summed E-state index contributed by atoms with van der Waals surface area (Å²) in [6, 6.07) is 5.98. The lowest BCUT2D eigenvalue weighted by atomic mass is 9.99. The lowest BCUT2D eigenvalue weighted by molar-refractivity contribution is -0.127. The van der Waals surface area contributed by atoms with Gasteiger partial charge in [-0.15, -0.1) is 24.0 Å². The first-order valence-corrected chi connectivity index (χ1v) is 9.16. The summed E-state index contributed by atoms with van der Waals surface area (Å²) in [5.41, 5.74) is 1.14. The third-order valence-electron chi connectivity index (χ3n) is 4.64. The molecule has 158 valence electrons. The fourth-order valence-electron chi connectivity index (χ4n) is 3.09. The molecule has 1 aliphatic rings. The number of carbonyl (C=O) groups is 1. The Labute approximate surface area is 186 Å². The molecule has 0 radical (unpaired) electrons. The van der Waals surface area contributed by atoms with Crippen LogP contribution in [0.2, 0.25) is 0 Å². The minimum absolute atomic E-state index is 0. The van der Waals surface area contributed by atoms with Gasteiger partial charge in [0.2, 0.25) is 5.91 Å². The van der Waals surface area contributed by atoms with Crippen molar-refractivity contribution in [1.29, 1.82) is 0 Å². The van der Waals surface area contributed by atoms with Gasteiger partial charge in [-0.1, -0.05) is 0 Å². The Morgan fingerprint density at radius 2 is 2.14 bits per heavy atom. The molecule has 0 saturated carbocycles. The Bertz CT molecular complexity index is 856. The molecule has 6 nitrogen and oxygen atoms in total. The van der Waals surface area contributed by atoms with Crippen molar-refractivity contribution in [2.45, 2.75) is 19.4 Å². The zero-order valence-corrected chi connectivity index (χ0v) is 18.8. The molecule has 1 aromatic carbocycles. The first-order valence-electron chi connectivity index (χ1n) is 9.16. The van der Waals surface area contributed by atoms with E-state index in [1.807, 2.05) is 17.0 Å². The Morgan fingerprint density at radius 3 is 2.83 bits per heavy atom. The maximum atomic E-state index is 14.0. The Hall–Kier alpha value is -2.17. The number of hydrogen-bond acceptors (Lipinski definition) is 3. The molecule has 0 saturated heterocycles. The predicted molar refractivity (Wildman–Crippen MR) is 117 cm³/mol. The van der Waals surface area contributed by atoms with Gasteiger partial charge in [0.15, 0.2) is 5.96 Å². The third kappa shape index (κ3) is 6.15. The number of guanidine groups is 1. The minimum atomic E-state index is -0.592. The maximum absolute atomic E-state index is 14.0. The van der Waals surface area contributed by atoms with Crippen molar-refractivity contribution in [3.05, 3.63) is 59.1 Å². The van der Waals surface area contributed by atoms with Crippen molar-refractivity contribution >= 4 is 35.8 Å². The van der Waals surface area contributed by atoms with E-state index in [1.165, 1.54) is 11.0 Å². The van der Waals surface area contributed by atoms with E-state index in [4.69, 9.17) is 4.42 Å². The van der Waals surface area contributed by atoms with E-state index in [2.05, 4.69) is 10.3 Å². The van der Waals surface area contributed by atoms with Gasteiger partial charge < -0.3 is 19.5 Å². The van der Waals surface area contributed by atoms with E-state index in [1.54, 1.807) is 20.4 Å². The first kappa shape index (κ1) is 23.1. The van der Waals surface area contributed by atoms with E-state index in [9.17, 15) is 13.6 Å². The van der Waals surface area contributed by atoms with Crippen LogP contribution >= 0.6 is 24.0 Å². The summed E-state index contributed by atoms with van der Waals surface area (Å²) in [6.07, 6.45) is 2.72. The van der Waals surface area contributed by atoms with Gasteiger partial charge in [-0.05, 0) is 35.7 Å². The molecule has 3 rings (SSSR count). The molecule has 9 heteroatoms. The largest absolute Gasteiger partial charge is 0.469 e. The predicted octanol–water partition coefficient (Wildman–Crippen LogP) is 2.81. The fourth-order valence-corrected chi connectivity index (χ4v) is 3.09. The van der Waals surface area contributed by atoms with E-state index in [-0.39, 0.29) is 36.4 Å². The molecular formula is C20H25F2IN4O2. The SMILES string of the molecule is CN(C)C(=O)CN=C(NCCc1ccco1)N1CCc2c(F)cc(F)cc2C1.I. The summed E-state index contributed by atoms with van der Waals surface area (Å²) in [7, 11) is 3.34. The standard InChI is InChI=1S/C20H24F2N4O2.HI/c1-25(2)19(27)12-24-20(23-7-5-16-4-3-9-28-16)26-8-6-17-14(13-26)10-15(21)11-18(17)22;/h3-4,9-11H,5-8,12-13H2,1-2H3,(H,23,24);1H. The van der Waals surface area contributed by atoms with Crippen LogP contribution in [0.4, 0.5) is 8.78 Å². The molecule has 0 spiro atoms. The van der Waals surface area contributed by atoms with Crippen LogP contribution in [0.25, 0.3) is 0 Å². The highest BCUT2D eigenvalue weighted by molar-refractivity contribution is 14.0. The summed E-state index contributed by atoms with van der Waals surface area (Å²) in [5, 5.41) is 3.24. The number of carbonyl (C=O) groups excluding carboxylic acids is 1. The van der Waals surface area contributed by atoms with Crippen LogP contribution in [0.5, 0.6) is 0 Å². The van der Waals surface area contributed by atoms with Crippen molar-refractivity contribution in [3.63, 3.8) is 0 Å². The molecule has 2 aromatic rings. The number of furan rings is 1. The van der Waals surface area contributed by atoms with E-state index >= 15 is 0 Å². The van der Waals surface area contributed by atoms with Crippen LogP contribution in [0, 0.1) is 11.6 Å². The number of fused-ring (bicyclic) bond motifs is 1. The van der Waals surface area contributed by atoms with Crippen LogP contribution in [-0.2, 0) is 24.2 Å². The number of nitrogens with one attached hydrogen (secondary N) is 1. The van der Waals surface area contributed by atoms with Crippen LogP contribution in [0.15, 0.2) is 39.9 Å². The van der Waals surface area contributed by atoms with Crippen molar-refractivity contribution in [3.8, 4) is 0 Å². The van der Waals surface area contributed by atoms with Crippen LogP contribution < -0.4 is 5.32 Å². The number of hydrogen-bond donors (Lipinski definition) is 1. The van der Waals surface area contributed by atoms with Gasteiger partial charge in [0.1, 0.15) is 23.9 Å². The highest BCUT2D eigenvalue weighted by Gasteiger charge is 2.23. The highest BCUT2D eigenvalue weighted by Crippen LogP contribution is 2.23. The van der Waals surface area contributed by atoms with Crippen molar-refractivity contribution < 1.29 is 18.0 Å². The lowest BCUT2D eigenvalue weighted by Gasteiger charge is -2.32. The molecule has 2 heterocycles. The topological polar surface area (TPSA) is 61.1 Å². The quantitative estimate of drug-likeness (QED) is 0.376. The zero-order chi connectivity index (χ0) is 20.1. The van der Waals surface area contributed by atoms with Crippen molar-refractivity contribution in [2.24, 2.45) is 4.99 Å². The molecule has 0 atom stereocenters. The van der Waals surface area contributed by atoms with Crippen LogP contribution in [0.1, 0.15) is 16.9 Å². The second kappa shape index (κ2) is 10.6. The summed E-state index contributed by atoms with van der Waals surface area (Å²) < 4.78 is 32.9. The van der Waals surface area contributed by atoms with E-state index < -0.39 is 11.6 Å². The molecule has 1 aromatic heterocycles. The molecule has 0 bridgehead atoms. The Morgan fingerprint density at radius 1 is 1.34 bits per heavy atom. The number of amides is 1. The van der Waals surface area contributed by atoms with Gasteiger partial charge in [0.05, 0.1) is 6.26 Å². The zero-order valence-electron chi connectivity index (χ0n) is 16.5. The lowest BCUT2D eigenvalue weighted by Crippen LogP contribution is -2.45. The minimum Gasteiger partial charge on any atom is -0.469 e. The Balaban J connectivity index is 0.00000300. The van der Waals surface area contributed by atoms with E-state index in [0.29, 0.717) is 49.6 Å². The summed E-state index contributed by atoms with van der Waals surface area (Å²) in [5.74, 6) is 0.146. The van der Waals surface area contributed by atoms with Gasteiger partial charge >= 0.3 is 0 Å². The van der Waals surface area contributed by atoms with Gasteiger partial charge in [0, 0.05) is 46.2 Å². The first-order chi connectivity index (χ1) is 13.4. The summed E-state index contributed by atoms with van der Waals surface area (Å²) in [6.45, 7) is 1.41. The smallest absolute Gasteiger partial charge is 0.243 e. The van der Waals surface area contributed by atoms with Gasteiger partial charge in [-0.3, -0.25) is 4.79 Å². The normalized spacial score (nSPS) is 13.5. The molecular weight excluding hydrogens is 493 g/mol. The Kier molecular flexibility index (Phi) is 8.42. The van der Waals surface area contributed by atoms with Gasteiger partial charge in [0.25, 0.3) is 0 Å². The average Bonchev–Trinajstić information content (AvgIpc) is 3.16. The third-order valence-corrected chi connectivity index (χ3v) is 4.64. The molecule has 0 fully saturated rings. The molecule has 1 N–H and O–H groups in total. The van der Waals surface area contributed by atoms with Gasteiger partial charge in [-0.25, -0.2) is 13.8 Å². The van der Waals surface area contributed by atoms with Crippen molar-refractivity contribution in [2.75, 3.05) is 33.7 Å². The number of aliphatic imine (C=N–C) groups is 1. The number of rotatable bonds is 5. The molecule has 29 heavy (non-hydrogen) atoms. The van der Waals surface area contributed by atoms with Crippen LogP contribution in [-0.4, -0.2) is 55.4 Å².